The summed E-state index contributed by atoms with van der Waals surface area (Å²) in [5, 5.41) is 11.3. The van der Waals surface area contributed by atoms with E-state index in [1.54, 1.807) is 6.07 Å². The highest BCUT2D eigenvalue weighted by molar-refractivity contribution is 5.86. The highest BCUT2D eigenvalue weighted by Crippen LogP contribution is 2.54. The topological polar surface area (TPSA) is 48.5 Å². The summed E-state index contributed by atoms with van der Waals surface area (Å²) in [4.78, 5) is 6.58. The maximum absolute atomic E-state index is 10.1. The normalized spacial score (nSPS) is 31.5. The number of phenols is 1. The molecule has 0 spiro atoms. The Labute approximate surface area is 184 Å². The molecule has 3 aromatic rings. The number of hydrogen-bond donors (Lipinski definition) is 2. The second-order valence-electron chi connectivity index (χ2n) is 10.2. The highest BCUT2D eigenvalue weighted by Gasteiger charge is 2.55. The summed E-state index contributed by atoms with van der Waals surface area (Å²) >= 11 is 0. The first-order valence-electron chi connectivity index (χ1n) is 11.8. The van der Waals surface area contributed by atoms with Crippen LogP contribution in [0.1, 0.15) is 43.0 Å². The maximum atomic E-state index is 10.1. The van der Waals surface area contributed by atoms with Crippen LogP contribution in [0.5, 0.6) is 5.75 Å². The molecule has 1 aliphatic carbocycles. The van der Waals surface area contributed by atoms with E-state index in [2.05, 4.69) is 47.1 Å². The molecule has 3 aliphatic heterocycles. The Morgan fingerprint density at radius 1 is 1.19 bits per heavy atom. The molecule has 1 saturated carbocycles. The van der Waals surface area contributed by atoms with Crippen LogP contribution in [0.25, 0.3) is 10.9 Å². The largest absolute Gasteiger partial charge is 0.508 e. The molecule has 3 fully saturated rings. The Bertz CT molecular complexity index is 1090. The molecule has 162 valence electrons. The van der Waals surface area contributed by atoms with Crippen molar-refractivity contribution in [1.82, 2.24) is 9.88 Å². The van der Waals surface area contributed by atoms with Crippen LogP contribution < -0.4 is 0 Å². The van der Waals surface area contributed by atoms with Crippen LogP contribution in [0.3, 0.4) is 0 Å². The SMILES string of the molecule is CC12CC3CC(CCOCc4ccccc4)C1N(CCc1c2[nH]c2ccc(O)cc12)C3. The average molecular weight is 417 g/mol. The molecule has 4 heterocycles. The van der Waals surface area contributed by atoms with Crippen molar-refractivity contribution in [2.45, 2.75) is 50.7 Å². The van der Waals surface area contributed by atoms with E-state index in [-0.39, 0.29) is 5.41 Å². The third-order valence-electron chi connectivity index (χ3n) is 8.19. The number of hydrogen-bond acceptors (Lipinski definition) is 3. The van der Waals surface area contributed by atoms with E-state index in [1.807, 2.05) is 12.1 Å². The van der Waals surface area contributed by atoms with Crippen molar-refractivity contribution in [3.63, 3.8) is 0 Å². The minimum atomic E-state index is 0.145. The van der Waals surface area contributed by atoms with Crippen LogP contribution in [0, 0.1) is 11.8 Å². The monoisotopic (exact) mass is 416 g/mol. The predicted octanol–water partition coefficient (Wildman–Crippen LogP) is 5.00. The van der Waals surface area contributed by atoms with Gasteiger partial charge in [-0.25, -0.2) is 0 Å². The molecule has 2 aromatic carbocycles. The van der Waals surface area contributed by atoms with Gasteiger partial charge in [0, 0.05) is 47.8 Å². The number of piperidine rings is 2. The lowest BCUT2D eigenvalue weighted by Crippen LogP contribution is -2.63. The average Bonchev–Trinajstić information content (AvgIpc) is 3.10. The number of benzene rings is 2. The van der Waals surface area contributed by atoms with E-state index in [4.69, 9.17) is 4.74 Å². The second-order valence-corrected chi connectivity index (χ2v) is 10.2. The molecule has 4 bridgehead atoms. The standard InChI is InChI=1S/C27H32N2O2/c1-27-15-19-13-20(10-12-31-17-18-5-3-2-4-6-18)26(27)29(16-19)11-9-22-23-14-21(30)7-8-24(23)28-25(22)27/h2-8,14,19-20,26,28,30H,9-13,15-17H2,1H3. The number of aromatic hydroxyl groups is 1. The molecular formula is C27H32N2O2. The molecule has 7 rings (SSSR count). The van der Waals surface area contributed by atoms with Gasteiger partial charge in [-0.2, -0.15) is 0 Å². The fraction of sp³-hybridized carbons (Fsp3) is 0.481. The van der Waals surface area contributed by atoms with E-state index in [9.17, 15) is 5.11 Å². The lowest BCUT2D eigenvalue weighted by atomic mass is 9.57. The molecule has 2 saturated heterocycles. The van der Waals surface area contributed by atoms with Gasteiger partial charge in [-0.3, -0.25) is 4.90 Å². The number of aromatic nitrogens is 1. The zero-order valence-electron chi connectivity index (χ0n) is 18.3. The van der Waals surface area contributed by atoms with Gasteiger partial charge in [0.1, 0.15) is 5.75 Å². The molecule has 0 radical (unpaired) electrons. The molecule has 4 heteroatoms. The summed E-state index contributed by atoms with van der Waals surface area (Å²) in [6, 6.07) is 16.8. The Morgan fingerprint density at radius 3 is 2.94 bits per heavy atom. The summed E-state index contributed by atoms with van der Waals surface area (Å²) in [5.74, 6) is 1.81. The van der Waals surface area contributed by atoms with Crippen molar-refractivity contribution in [2.75, 3.05) is 19.7 Å². The molecule has 1 aromatic heterocycles. The van der Waals surface area contributed by atoms with Crippen LogP contribution in [0.2, 0.25) is 0 Å². The molecule has 5 atom stereocenters. The van der Waals surface area contributed by atoms with Crippen LogP contribution in [-0.4, -0.2) is 40.7 Å². The number of fused-ring (bicyclic) bond motifs is 4. The first-order chi connectivity index (χ1) is 15.1. The number of rotatable bonds is 5. The Hall–Kier alpha value is -2.30. The fourth-order valence-corrected chi connectivity index (χ4v) is 7.16. The van der Waals surface area contributed by atoms with Gasteiger partial charge in [-0.15, -0.1) is 0 Å². The Kier molecular flexibility index (Phi) is 4.62. The van der Waals surface area contributed by atoms with Gasteiger partial charge in [-0.1, -0.05) is 37.3 Å². The van der Waals surface area contributed by atoms with E-state index < -0.39 is 0 Å². The summed E-state index contributed by atoms with van der Waals surface area (Å²) < 4.78 is 6.09. The van der Waals surface area contributed by atoms with Crippen LogP contribution in [0.15, 0.2) is 48.5 Å². The van der Waals surface area contributed by atoms with Gasteiger partial charge < -0.3 is 14.8 Å². The number of nitrogens with one attached hydrogen (secondary N) is 1. The summed E-state index contributed by atoms with van der Waals surface area (Å²) in [6.07, 6.45) is 4.80. The molecule has 4 nitrogen and oxygen atoms in total. The molecule has 0 amide bonds. The predicted molar refractivity (Wildman–Crippen MR) is 123 cm³/mol. The number of ether oxygens (including phenoxy) is 1. The van der Waals surface area contributed by atoms with Crippen molar-refractivity contribution in [3.8, 4) is 5.75 Å². The number of aromatic amines is 1. The maximum Gasteiger partial charge on any atom is 0.116 e. The van der Waals surface area contributed by atoms with Crippen molar-refractivity contribution in [1.29, 1.82) is 0 Å². The Morgan fingerprint density at radius 2 is 2.06 bits per heavy atom. The van der Waals surface area contributed by atoms with Crippen molar-refractivity contribution >= 4 is 10.9 Å². The molecule has 2 N–H and O–H groups in total. The number of nitrogens with zero attached hydrogens (tertiary/aromatic N) is 1. The minimum absolute atomic E-state index is 0.145. The molecule has 5 unspecified atom stereocenters. The lowest BCUT2D eigenvalue weighted by molar-refractivity contribution is -0.0612. The van der Waals surface area contributed by atoms with Gasteiger partial charge in [0.25, 0.3) is 0 Å². The summed E-state index contributed by atoms with van der Waals surface area (Å²) in [7, 11) is 0. The van der Waals surface area contributed by atoms with E-state index in [0.29, 0.717) is 24.3 Å². The van der Waals surface area contributed by atoms with Gasteiger partial charge in [0.05, 0.1) is 6.61 Å². The van der Waals surface area contributed by atoms with Crippen molar-refractivity contribution in [2.24, 2.45) is 11.8 Å². The zero-order valence-corrected chi connectivity index (χ0v) is 18.3. The number of phenolic OH excluding ortho intramolecular Hbond substituents is 1. The first kappa shape index (κ1) is 19.4. The summed E-state index contributed by atoms with van der Waals surface area (Å²) in [5.41, 5.74) is 5.43. The van der Waals surface area contributed by atoms with Crippen LogP contribution in [-0.2, 0) is 23.2 Å². The Balaban J connectivity index is 1.26. The molecule has 31 heavy (non-hydrogen) atoms. The fourth-order valence-electron chi connectivity index (χ4n) is 7.16. The smallest absolute Gasteiger partial charge is 0.116 e. The minimum Gasteiger partial charge on any atom is -0.508 e. The van der Waals surface area contributed by atoms with Crippen molar-refractivity contribution in [3.05, 3.63) is 65.4 Å². The third kappa shape index (κ3) is 3.19. The van der Waals surface area contributed by atoms with E-state index >= 15 is 0 Å². The van der Waals surface area contributed by atoms with Gasteiger partial charge >= 0.3 is 0 Å². The first-order valence-corrected chi connectivity index (χ1v) is 11.8. The van der Waals surface area contributed by atoms with Crippen LogP contribution in [0.4, 0.5) is 0 Å². The molecular weight excluding hydrogens is 384 g/mol. The zero-order chi connectivity index (χ0) is 21.0. The number of H-pyrrole nitrogens is 1. The van der Waals surface area contributed by atoms with Gasteiger partial charge in [0.15, 0.2) is 0 Å². The second kappa shape index (κ2) is 7.39. The van der Waals surface area contributed by atoms with E-state index in [0.717, 1.165) is 31.9 Å². The lowest BCUT2D eigenvalue weighted by Gasteiger charge is -2.58. The van der Waals surface area contributed by atoms with Crippen molar-refractivity contribution < 1.29 is 9.84 Å². The van der Waals surface area contributed by atoms with Gasteiger partial charge in [-0.05, 0) is 66.8 Å². The van der Waals surface area contributed by atoms with Gasteiger partial charge in [0.2, 0.25) is 0 Å². The quantitative estimate of drug-likeness (QED) is 0.575. The third-order valence-corrected chi connectivity index (χ3v) is 8.19. The molecule has 4 aliphatic rings. The van der Waals surface area contributed by atoms with Crippen LogP contribution >= 0.6 is 0 Å². The summed E-state index contributed by atoms with van der Waals surface area (Å²) in [6.45, 7) is 6.40. The van der Waals surface area contributed by atoms with E-state index in [1.165, 1.54) is 47.1 Å². The highest BCUT2D eigenvalue weighted by atomic mass is 16.5.